The molecule has 3 heterocycles. The topological polar surface area (TPSA) is 81.8 Å². The smallest absolute Gasteiger partial charge is 0.290 e. The van der Waals surface area contributed by atoms with Crippen LogP contribution in [0.3, 0.4) is 0 Å². The molecule has 26 heavy (non-hydrogen) atoms. The number of anilines is 1. The highest BCUT2D eigenvalue weighted by Crippen LogP contribution is 2.30. The summed E-state index contributed by atoms with van der Waals surface area (Å²) < 4.78 is 0. The van der Waals surface area contributed by atoms with Gasteiger partial charge < -0.3 is 15.1 Å². The Hall–Kier alpha value is -2.32. The molecular formula is C18H20N4O3S. The summed E-state index contributed by atoms with van der Waals surface area (Å²) in [4.78, 5) is 40.1. The average Bonchev–Trinajstić information content (AvgIpc) is 2.91. The van der Waals surface area contributed by atoms with E-state index in [2.05, 4.69) is 15.5 Å². The van der Waals surface area contributed by atoms with Crippen LogP contribution >= 0.6 is 11.8 Å². The van der Waals surface area contributed by atoms with Gasteiger partial charge in [-0.05, 0) is 29.5 Å². The van der Waals surface area contributed by atoms with Crippen LogP contribution < -0.4 is 15.5 Å². The van der Waals surface area contributed by atoms with Crippen molar-refractivity contribution in [2.24, 2.45) is 5.92 Å². The van der Waals surface area contributed by atoms with E-state index >= 15 is 0 Å². The van der Waals surface area contributed by atoms with Crippen molar-refractivity contribution in [3.05, 3.63) is 34.7 Å². The number of hydrogen-bond acceptors (Lipinski definition) is 6. The highest BCUT2D eigenvalue weighted by molar-refractivity contribution is 8.18. The Morgan fingerprint density at radius 1 is 1.12 bits per heavy atom. The third-order valence-corrected chi connectivity index (χ3v) is 5.74. The number of imide groups is 1. The van der Waals surface area contributed by atoms with Crippen molar-refractivity contribution in [2.75, 3.05) is 44.2 Å². The fraction of sp³-hybridized carbons (Fsp3) is 0.389. The van der Waals surface area contributed by atoms with Crippen molar-refractivity contribution in [1.29, 1.82) is 0 Å². The summed E-state index contributed by atoms with van der Waals surface area (Å²) in [5.41, 5.74) is 1.92. The third-order valence-electron chi connectivity index (χ3n) is 4.93. The number of amides is 3. The molecule has 136 valence electrons. The predicted octanol–water partition coefficient (Wildman–Crippen LogP) is 0.878. The number of piperazine rings is 1. The summed E-state index contributed by atoms with van der Waals surface area (Å²) in [5, 5.41) is 5.08. The van der Waals surface area contributed by atoms with Crippen molar-refractivity contribution in [2.45, 2.75) is 0 Å². The van der Waals surface area contributed by atoms with Crippen molar-refractivity contribution >= 4 is 40.6 Å². The number of nitrogens with one attached hydrogen (secondary N) is 2. The van der Waals surface area contributed by atoms with E-state index in [4.69, 9.17) is 0 Å². The third kappa shape index (κ3) is 3.34. The molecule has 0 aromatic heterocycles. The van der Waals surface area contributed by atoms with E-state index in [1.165, 1.54) is 0 Å². The second-order valence-electron chi connectivity index (χ2n) is 6.58. The van der Waals surface area contributed by atoms with E-state index in [0.29, 0.717) is 18.0 Å². The molecule has 0 saturated carbocycles. The van der Waals surface area contributed by atoms with Crippen LogP contribution in [0.25, 0.3) is 6.08 Å². The van der Waals surface area contributed by atoms with E-state index in [1.54, 1.807) is 6.08 Å². The molecule has 3 fully saturated rings. The lowest BCUT2D eigenvalue weighted by atomic mass is 10.0. The van der Waals surface area contributed by atoms with Crippen LogP contribution in [0.2, 0.25) is 0 Å². The molecule has 0 bridgehead atoms. The second kappa shape index (κ2) is 7.13. The van der Waals surface area contributed by atoms with E-state index < -0.39 is 0 Å². The molecule has 0 aliphatic carbocycles. The van der Waals surface area contributed by atoms with E-state index in [-0.39, 0.29) is 23.0 Å². The van der Waals surface area contributed by atoms with E-state index in [9.17, 15) is 14.4 Å². The average molecular weight is 372 g/mol. The van der Waals surface area contributed by atoms with E-state index in [1.807, 2.05) is 29.2 Å². The molecular weight excluding hydrogens is 352 g/mol. The standard InChI is InChI=1S/C18H20N4O3S/c23-16-15(26-18(25)20-16)9-12-3-1-2-4-14(12)21-5-7-22(8-6-21)17(24)13-10-19-11-13/h1-4,9,13,19H,5-8,10-11H2,(H,20,23,25). The zero-order valence-corrected chi connectivity index (χ0v) is 15.1. The van der Waals surface area contributed by atoms with Gasteiger partial charge in [0.1, 0.15) is 0 Å². The molecule has 3 aliphatic heterocycles. The normalized spacial score (nSPS) is 22.5. The minimum absolute atomic E-state index is 0.133. The fourth-order valence-corrected chi connectivity index (χ4v) is 4.02. The summed E-state index contributed by atoms with van der Waals surface area (Å²) in [5.74, 6) is 0.0321. The van der Waals surface area contributed by atoms with Gasteiger partial charge in [0.25, 0.3) is 11.1 Å². The molecule has 0 atom stereocenters. The van der Waals surface area contributed by atoms with Gasteiger partial charge >= 0.3 is 0 Å². The molecule has 1 aromatic carbocycles. The van der Waals surface area contributed by atoms with Gasteiger partial charge in [0.05, 0.1) is 10.8 Å². The maximum absolute atomic E-state index is 12.4. The number of para-hydroxylation sites is 1. The molecule has 4 rings (SSSR count). The minimum atomic E-state index is -0.348. The molecule has 0 spiro atoms. The van der Waals surface area contributed by atoms with Crippen molar-refractivity contribution < 1.29 is 14.4 Å². The molecule has 2 N–H and O–H groups in total. The van der Waals surface area contributed by atoms with Gasteiger partial charge in [0.2, 0.25) is 5.91 Å². The van der Waals surface area contributed by atoms with Crippen LogP contribution in [0.1, 0.15) is 5.56 Å². The van der Waals surface area contributed by atoms with Crippen LogP contribution in [0.15, 0.2) is 29.2 Å². The first kappa shape index (κ1) is 17.1. The summed E-state index contributed by atoms with van der Waals surface area (Å²) in [6.45, 7) is 4.48. The summed E-state index contributed by atoms with van der Waals surface area (Å²) in [6.07, 6.45) is 1.76. The Morgan fingerprint density at radius 2 is 1.85 bits per heavy atom. The fourth-order valence-electron chi connectivity index (χ4n) is 3.35. The molecule has 0 unspecified atom stereocenters. The summed E-state index contributed by atoms with van der Waals surface area (Å²) in [7, 11) is 0. The van der Waals surface area contributed by atoms with Gasteiger partial charge in [0.15, 0.2) is 0 Å². The highest BCUT2D eigenvalue weighted by atomic mass is 32.2. The Morgan fingerprint density at radius 3 is 2.46 bits per heavy atom. The molecule has 8 heteroatoms. The number of rotatable bonds is 3. The molecule has 3 aliphatic rings. The molecule has 3 saturated heterocycles. The van der Waals surface area contributed by atoms with Gasteiger partial charge in [-0.1, -0.05) is 18.2 Å². The van der Waals surface area contributed by atoms with E-state index in [0.717, 1.165) is 49.2 Å². The number of carbonyl (C=O) groups is 3. The van der Waals surface area contributed by atoms with Crippen molar-refractivity contribution in [3.8, 4) is 0 Å². The number of carbonyl (C=O) groups excluding carboxylic acids is 3. The lowest BCUT2D eigenvalue weighted by molar-refractivity contribution is -0.137. The maximum atomic E-state index is 12.4. The largest absolute Gasteiger partial charge is 0.367 e. The van der Waals surface area contributed by atoms with Crippen LogP contribution in [0, 0.1) is 5.92 Å². The molecule has 7 nitrogen and oxygen atoms in total. The van der Waals surface area contributed by atoms with Crippen LogP contribution in [0.5, 0.6) is 0 Å². The number of nitrogens with zero attached hydrogens (tertiary/aromatic N) is 2. The minimum Gasteiger partial charge on any atom is -0.367 e. The molecule has 1 aromatic rings. The van der Waals surface area contributed by atoms with Gasteiger partial charge in [-0.25, -0.2) is 0 Å². The molecule has 0 radical (unpaired) electrons. The van der Waals surface area contributed by atoms with Crippen LogP contribution in [0.4, 0.5) is 10.5 Å². The van der Waals surface area contributed by atoms with Crippen LogP contribution in [-0.4, -0.2) is 61.2 Å². The quantitative estimate of drug-likeness (QED) is 0.767. The van der Waals surface area contributed by atoms with Gasteiger partial charge in [-0.15, -0.1) is 0 Å². The second-order valence-corrected chi connectivity index (χ2v) is 7.59. The first-order valence-corrected chi connectivity index (χ1v) is 9.52. The highest BCUT2D eigenvalue weighted by Gasteiger charge is 2.31. The number of hydrogen-bond donors (Lipinski definition) is 2. The zero-order valence-electron chi connectivity index (χ0n) is 14.2. The lowest BCUT2D eigenvalue weighted by Gasteiger charge is -2.39. The summed E-state index contributed by atoms with van der Waals surface area (Å²) >= 11 is 0.924. The van der Waals surface area contributed by atoms with Crippen molar-refractivity contribution in [3.63, 3.8) is 0 Å². The Labute approximate surface area is 155 Å². The van der Waals surface area contributed by atoms with Gasteiger partial charge in [-0.3, -0.25) is 19.7 Å². The SMILES string of the molecule is O=C1NC(=O)C(=Cc2ccccc2N2CCN(C(=O)C3CNC3)CC2)S1. The lowest BCUT2D eigenvalue weighted by Crippen LogP contribution is -2.56. The van der Waals surface area contributed by atoms with Crippen LogP contribution in [-0.2, 0) is 9.59 Å². The Kier molecular flexibility index (Phi) is 4.69. The van der Waals surface area contributed by atoms with Crippen molar-refractivity contribution in [1.82, 2.24) is 15.5 Å². The first-order valence-electron chi connectivity index (χ1n) is 8.70. The van der Waals surface area contributed by atoms with Gasteiger partial charge in [0, 0.05) is 45.0 Å². The maximum Gasteiger partial charge on any atom is 0.290 e. The number of thioether (sulfide) groups is 1. The Balaban J connectivity index is 1.47. The zero-order chi connectivity index (χ0) is 18.1. The van der Waals surface area contributed by atoms with Gasteiger partial charge in [-0.2, -0.15) is 0 Å². The summed E-state index contributed by atoms with van der Waals surface area (Å²) in [6, 6.07) is 7.83. The Bertz CT molecular complexity index is 782. The molecule has 3 amide bonds. The predicted molar refractivity (Wildman–Crippen MR) is 101 cm³/mol. The number of benzene rings is 1. The first-order chi connectivity index (χ1) is 12.6. The monoisotopic (exact) mass is 372 g/mol.